The molecular formula is C16H13ClN4. The number of hydrogen-bond acceptors (Lipinski definition) is 3. The Hall–Kier alpha value is -2.33. The van der Waals surface area contributed by atoms with E-state index < -0.39 is 0 Å². The molecule has 3 heterocycles. The summed E-state index contributed by atoms with van der Waals surface area (Å²) < 4.78 is 1.93. The van der Waals surface area contributed by atoms with Gasteiger partial charge in [-0.05, 0) is 42.8 Å². The molecule has 5 heteroatoms. The van der Waals surface area contributed by atoms with Crippen LogP contribution in [0.25, 0.3) is 17.1 Å². The van der Waals surface area contributed by atoms with Gasteiger partial charge in [-0.2, -0.15) is 5.10 Å². The molecular weight excluding hydrogens is 284 g/mol. The Morgan fingerprint density at radius 1 is 1.10 bits per heavy atom. The number of anilines is 1. The molecule has 1 aromatic carbocycles. The minimum Gasteiger partial charge on any atom is -0.369 e. The number of nitrogens with zero attached hydrogens (tertiary/aromatic N) is 3. The Labute approximate surface area is 127 Å². The number of benzene rings is 1. The number of aromatic nitrogens is 3. The van der Waals surface area contributed by atoms with Gasteiger partial charge in [0.05, 0.1) is 11.4 Å². The van der Waals surface area contributed by atoms with Gasteiger partial charge in [0.25, 0.3) is 0 Å². The maximum atomic E-state index is 5.96. The zero-order chi connectivity index (χ0) is 14.2. The van der Waals surface area contributed by atoms with E-state index in [0.29, 0.717) is 0 Å². The third-order valence-corrected chi connectivity index (χ3v) is 3.88. The van der Waals surface area contributed by atoms with Crippen LogP contribution in [0.4, 0.5) is 5.82 Å². The Morgan fingerprint density at radius 3 is 2.71 bits per heavy atom. The zero-order valence-electron chi connectivity index (χ0n) is 11.3. The van der Waals surface area contributed by atoms with Crippen molar-refractivity contribution in [1.82, 2.24) is 14.8 Å². The van der Waals surface area contributed by atoms with Crippen molar-refractivity contribution in [3.63, 3.8) is 0 Å². The molecule has 0 radical (unpaired) electrons. The van der Waals surface area contributed by atoms with Gasteiger partial charge in [-0.1, -0.05) is 17.7 Å². The Morgan fingerprint density at radius 2 is 1.95 bits per heavy atom. The van der Waals surface area contributed by atoms with Crippen molar-refractivity contribution >= 4 is 17.4 Å². The second-order valence-electron chi connectivity index (χ2n) is 4.96. The fraction of sp³-hybridized carbons (Fsp3) is 0.125. The minimum atomic E-state index is 0.723. The van der Waals surface area contributed by atoms with Gasteiger partial charge in [-0.25, -0.2) is 4.68 Å². The number of rotatable bonds is 2. The van der Waals surface area contributed by atoms with E-state index in [9.17, 15) is 0 Å². The summed E-state index contributed by atoms with van der Waals surface area (Å²) in [5.74, 6) is 1.05. The lowest BCUT2D eigenvalue weighted by atomic mass is 10.1. The second kappa shape index (κ2) is 4.90. The summed E-state index contributed by atoms with van der Waals surface area (Å²) in [4.78, 5) is 4.42. The van der Waals surface area contributed by atoms with Crippen LogP contribution < -0.4 is 5.32 Å². The molecule has 4 rings (SSSR count). The normalized spacial score (nSPS) is 13.0. The summed E-state index contributed by atoms with van der Waals surface area (Å²) in [5, 5.41) is 8.88. The highest BCUT2D eigenvalue weighted by Crippen LogP contribution is 2.33. The van der Waals surface area contributed by atoms with Crippen molar-refractivity contribution in [1.29, 1.82) is 0 Å². The third kappa shape index (κ3) is 2.08. The molecule has 1 N–H and O–H groups in total. The molecule has 0 aliphatic carbocycles. The van der Waals surface area contributed by atoms with Crippen molar-refractivity contribution in [3.8, 4) is 17.1 Å². The van der Waals surface area contributed by atoms with E-state index in [1.165, 1.54) is 5.56 Å². The molecule has 0 spiro atoms. The average Bonchev–Trinajstić information content (AvgIpc) is 3.11. The van der Waals surface area contributed by atoms with Gasteiger partial charge in [0, 0.05) is 23.3 Å². The van der Waals surface area contributed by atoms with E-state index in [2.05, 4.69) is 10.3 Å². The number of halogens is 1. The summed E-state index contributed by atoms with van der Waals surface area (Å²) >= 11 is 5.96. The summed E-state index contributed by atoms with van der Waals surface area (Å²) in [6.45, 7) is 0.931. The predicted octanol–water partition coefficient (Wildman–Crippen LogP) is 3.56. The van der Waals surface area contributed by atoms with Crippen LogP contribution in [0.2, 0.25) is 5.02 Å². The van der Waals surface area contributed by atoms with Crippen LogP contribution in [0.5, 0.6) is 0 Å². The Balaban J connectivity index is 1.88. The Bertz CT molecular complexity index is 778. The van der Waals surface area contributed by atoms with E-state index in [0.717, 1.165) is 40.9 Å². The van der Waals surface area contributed by atoms with Crippen molar-refractivity contribution in [2.24, 2.45) is 0 Å². The average molecular weight is 297 g/mol. The topological polar surface area (TPSA) is 42.7 Å². The monoisotopic (exact) mass is 296 g/mol. The van der Waals surface area contributed by atoms with Crippen molar-refractivity contribution in [2.45, 2.75) is 6.42 Å². The standard InChI is InChI=1S/C16H13ClN4/c17-11-4-6-12(7-5-11)21-16-13(8-10-19-16)15(20-21)14-3-1-2-9-18-14/h1-7,9,19H,8,10H2. The molecule has 0 unspecified atom stereocenters. The molecule has 1 aliphatic rings. The minimum absolute atomic E-state index is 0.723. The second-order valence-corrected chi connectivity index (χ2v) is 5.39. The lowest BCUT2D eigenvalue weighted by Crippen LogP contribution is -2.04. The maximum Gasteiger partial charge on any atom is 0.133 e. The SMILES string of the molecule is Clc1ccc(-n2nc(-c3ccccn3)c3c2NCC3)cc1. The van der Waals surface area contributed by atoms with Crippen LogP contribution >= 0.6 is 11.6 Å². The molecule has 0 saturated carbocycles. The smallest absolute Gasteiger partial charge is 0.133 e. The number of fused-ring (bicyclic) bond motifs is 1. The molecule has 4 nitrogen and oxygen atoms in total. The molecule has 21 heavy (non-hydrogen) atoms. The number of nitrogens with one attached hydrogen (secondary N) is 1. The molecule has 0 amide bonds. The largest absolute Gasteiger partial charge is 0.369 e. The Kier molecular flexibility index (Phi) is 2.89. The fourth-order valence-electron chi connectivity index (χ4n) is 2.65. The van der Waals surface area contributed by atoms with Gasteiger partial charge < -0.3 is 5.32 Å². The molecule has 0 fully saturated rings. The number of pyridine rings is 1. The number of hydrogen-bond donors (Lipinski definition) is 1. The summed E-state index contributed by atoms with van der Waals surface area (Å²) in [7, 11) is 0. The van der Waals surface area contributed by atoms with Crippen LogP contribution in [0.1, 0.15) is 5.56 Å². The van der Waals surface area contributed by atoms with Crippen LogP contribution in [0, 0.1) is 0 Å². The lowest BCUT2D eigenvalue weighted by Gasteiger charge is -2.06. The van der Waals surface area contributed by atoms with E-state index in [4.69, 9.17) is 16.7 Å². The van der Waals surface area contributed by atoms with Crippen LogP contribution in [0.15, 0.2) is 48.7 Å². The van der Waals surface area contributed by atoms with Gasteiger partial charge in [0.2, 0.25) is 0 Å². The molecule has 0 saturated heterocycles. The molecule has 0 bridgehead atoms. The molecule has 0 atom stereocenters. The summed E-state index contributed by atoms with van der Waals surface area (Å²) in [6, 6.07) is 13.6. The molecule has 3 aromatic rings. The maximum absolute atomic E-state index is 5.96. The first-order valence-electron chi connectivity index (χ1n) is 6.86. The van der Waals surface area contributed by atoms with Crippen molar-refractivity contribution < 1.29 is 0 Å². The first-order valence-corrected chi connectivity index (χ1v) is 7.24. The third-order valence-electron chi connectivity index (χ3n) is 3.63. The zero-order valence-corrected chi connectivity index (χ0v) is 12.0. The summed E-state index contributed by atoms with van der Waals surface area (Å²) in [6.07, 6.45) is 2.76. The predicted molar refractivity (Wildman–Crippen MR) is 84.0 cm³/mol. The lowest BCUT2D eigenvalue weighted by molar-refractivity contribution is 0.880. The highest BCUT2D eigenvalue weighted by Gasteiger charge is 2.24. The van der Waals surface area contributed by atoms with Gasteiger partial charge >= 0.3 is 0 Å². The quantitative estimate of drug-likeness (QED) is 0.786. The van der Waals surface area contributed by atoms with Gasteiger partial charge in [0.1, 0.15) is 11.5 Å². The van der Waals surface area contributed by atoms with Crippen LogP contribution in [0.3, 0.4) is 0 Å². The highest BCUT2D eigenvalue weighted by atomic mass is 35.5. The summed E-state index contributed by atoms with van der Waals surface area (Å²) in [5.41, 5.74) is 4.08. The van der Waals surface area contributed by atoms with E-state index in [1.54, 1.807) is 6.20 Å². The fourth-order valence-corrected chi connectivity index (χ4v) is 2.78. The van der Waals surface area contributed by atoms with Gasteiger partial charge in [-0.3, -0.25) is 4.98 Å². The van der Waals surface area contributed by atoms with E-state index >= 15 is 0 Å². The van der Waals surface area contributed by atoms with Crippen molar-refractivity contribution in [2.75, 3.05) is 11.9 Å². The van der Waals surface area contributed by atoms with E-state index in [1.807, 2.05) is 47.1 Å². The first kappa shape index (κ1) is 12.4. The first-order chi connectivity index (χ1) is 10.3. The van der Waals surface area contributed by atoms with Gasteiger partial charge in [-0.15, -0.1) is 0 Å². The van der Waals surface area contributed by atoms with Crippen LogP contribution in [-0.2, 0) is 6.42 Å². The highest BCUT2D eigenvalue weighted by molar-refractivity contribution is 6.30. The van der Waals surface area contributed by atoms with Gasteiger partial charge in [0.15, 0.2) is 0 Å². The molecule has 1 aliphatic heterocycles. The van der Waals surface area contributed by atoms with Crippen molar-refractivity contribution in [3.05, 3.63) is 59.2 Å². The van der Waals surface area contributed by atoms with Crippen LogP contribution in [-0.4, -0.2) is 21.3 Å². The molecule has 2 aromatic heterocycles. The molecule has 104 valence electrons. The van der Waals surface area contributed by atoms with E-state index in [-0.39, 0.29) is 0 Å².